The van der Waals surface area contributed by atoms with Crippen LogP contribution in [0.1, 0.15) is 42.7 Å². The summed E-state index contributed by atoms with van der Waals surface area (Å²) in [6.45, 7) is 3.87. The summed E-state index contributed by atoms with van der Waals surface area (Å²) in [6.07, 6.45) is 2.74. The third-order valence-corrected chi connectivity index (χ3v) is 2.92. The van der Waals surface area contributed by atoms with Crippen LogP contribution in [-0.2, 0) is 0 Å². The van der Waals surface area contributed by atoms with Crippen LogP contribution in [0.3, 0.4) is 0 Å². The number of aromatic nitrogens is 1. The van der Waals surface area contributed by atoms with Gasteiger partial charge in [-0.1, -0.05) is 6.92 Å². The van der Waals surface area contributed by atoms with Crippen LogP contribution in [0.15, 0.2) is 12.3 Å². The summed E-state index contributed by atoms with van der Waals surface area (Å²) in [4.78, 5) is 14.6. The average molecular weight is 235 g/mol. The number of nitrogens with one attached hydrogen (secondary N) is 2. The molecule has 0 radical (unpaired) electrons. The molecular formula is C12H17N3O2. The van der Waals surface area contributed by atoms with E-state index in [2.05, 4.69) is 10.3 Å². The van der Waals surface area contributed by atoms with Crippen molar-refractivity contribution in [3.05, 3.63) is 23.5 Å². The van der Waals surface area contributed by atoms with E-state index in [0.29, 0.717) is 17.7 Å². The highest BCUT2D eigenvalue weighted by Crippen LogP contribution is 2.15. The van der Waals surface area contributed by atoms with Gasteiger partial charge in [-0.3, -0.25) is 4.79 Å². The molecule has 0 aliphatic heterocycles. The van der Waals surface area contributed by atoms with Crippen LogP contribution in [0.2, 0.25) is 0 Å². The molecule has 0 spiro atoms. The predicted molar refractivity (Wildman–Crippen MR) is 63.4 cm³/mol. The van der Waals surface area contributed by atoms with E-state index in [9.17, 15) is 4.79 Å². The standard InChI is InChI=1S/C12H17N3O2/c1-3-12(2,4-5-16)15-11(17)9-6-10(7-13)14-8-9/h6,8,14,16H,3-5H2,1-2H3,(H,15,17). The van der Waals surface area contributed by atoms with E-state index in [4.69, 9.17) is 10.4 Å². The van der Waals surface area contributed by atoms with Crippen LogP contribution < -0.4 is 5.32 Å². The van der Waals surface area contributed by atoms with E-state index in [1.54, 1.807) is 0 Å². The zero-order chi connectivity index (χ0) is 12.9. The molecule has 1 aromatic rings. The molecule has 1 aromatic heterocycles. The number of H-pyrrole nitrogens is 1. The van der Waals surface area contributed by atoms with Crippen molar-refractivity contribution in [2.45, 2.75) is 32.2 Å². The Balaban J connectivity index is 2.74. The number of carbonyl (C=O) groups excluding carboxylic acids is 1. The van der Waals surface area contributed by atoms with E-state index >= 15 is 0 Å². The zero-order valence-electron chi connectivity index (χ0n) is 10.1. The summed E-state index contributed by atoms with van der Waals surface area (Å²) in [7, 11) is 0. The van der Waals surface area contributed by atoms with Crippen molar-refractivity contribution in [3.8, 4) is 6.07 Å². The number of aliphatic hydroxyl groups is 1. The van der Waals surface area contributed by atoms with Gasteiger partial charge < -0.3 is 15.4 Å². The molecule has 1 heterocycles. The van der Waals surface area contributed by atoms with E-state index in [1.165, 1.54) is 12.3 Å². The number of aromatic amines is 1. The van der Waals surface area contributed by atoms with Crippen molar-refractivity contribution in [1.29, 1.82) is 5.26 Å². The number of nitriles is 1. The van der Waals surface area contributed by atoms with Crippen molar-refractivity contribution >= 4 is 5.91 Å². The minimum atomic E-state index is -0.421. The van der Waals surface area contributed by atoms with Gasteiger partial charge in [0.1, 0.15) is 11.8 Å². The second-order valence-corrected chi connectivity index (χ2v) is 4.26. The number of hydrogen-bond acceptors (Lipinski definition) is 3. The number of amides is 1. The topological polar surface area (TPSA) is 88.9 Å². The van der Waals surface area contributed by atoms with Crippen LogP contribution >= 0.6 is 0 Å². The maximum absolute atomic E-state index is 11.9. The number of hydrogen-bond donors (Lipinski definition) is 3. The van der Waals surface area contributed by atoms with E-state index in [0.717, 1.165) is 6.42 Å². The Morgan fingerprint density at radius 3 is 2.88 bits per heavy atom. The highest BCUT2D eigenvalue weighted by atomic mass is 16.3. The molecule has 0 bridgehead atoms. The molecule has 1 amide bonds. The molecule has 0 saturated heterocycles. The normalized spacial score (nSPS) is 13.8. The number of nitrogens with zero attached hydrogens (tertiary/aromatic N) is 1. The lowest BCUT2D eigenvalue weighted by atomic mass is 9.94. The van der Waals surface area contributed by atoms with Crippen LogP contribution in [0.5, 0.6) is 0 Å². The first kappa shape index (κ1) is 13.3. The summed E-state index contributed by atoms with van der Waals surface area (Å²) in [6, 6.07) is 3.43. The molecule has 5 nitrogen and oxygen atoms in total. The molecule has 5 heteroatoms. The Kier molecular flexibility index (Phi) is 4.30. The van der Waals surface area contributed by atoms with Gasteiger partial charge in [0.05, 0.1) is 5.56 Å². The quantitative estimate of drug-likeness (QED) is 0.715. The molecule has 1 atom stereocenters. The molecule has 17 heavy (non-hydrogen) atoms. The molecular weight excluding hydrogens is 218 g/mol. The first-order valence-electron chi connectivity index (χ1n) is 5.56. The number of rotatable bonds is 5. The highest BCUT2D eigenvalue weighted by molar-refractivity contribution is 5.94. The molecule has 0 aromatic carbocycles. The van der Waals surface area contributed by atoms with Gasteiger partial charge in [0.2, 0.25) is 0 Å². The van der Waals surface area contributed by atoms with Crippen molar-refractivity contribution in [2.24, 2.45) is 0 Å². The van der Waals surface area contributed by atoms with Gasteiger partial charge in [0.25, 0.3) is 5.91 Å². The monoisotopic (exact) mass is 235 g/mol. The van der Waals surface area contributed by atoms with Crippen molar-refractivity contribution in [2.75, 3.05) is 6.61 Å². The second-order valence-electron chi connectivity index (χ2n) is 4.26. The van der Waals surface area contributed by atoms with Crippen LogP contribution in [0, 0.1) is 11.3 Å². The van der Waals surface area contributed by atoms with Gasteiger partial charge in [0, 0.05) is 18.3 Å². The summed E-state index contributed by atoms with van der Waals surface area (Å²) in [5, 5.41) is 20.5. The van der Waals surface area contributed by atoms with E-state index in [1.807, 2.05) is 19.9 Å². The third-order valence-electron chi connectivity index (χ3n) is 2.92. The SMILES string of the molecule is CCC(C)(CCO)NC(=O)c1c[nH]c(C#N)c1. The highest BCUT2D eigenvalue weighted by Gasteiger charge is 2.24. The van der Waals surface area contributed by atoms with Crippen LogP contribution in [0.4, 0.5) is 0 Å². The lowest BCUT2D eigenvalue weighted by molar-refractivity contribution is 0.0886. The van der Waals surface area contributed by atoms with Crippen LogP contribution in [0.25, 0.3) is 0 Å². The molecule has 0 fully saturated rings. The summed E-state index contributed by atoms with van der Waals surface area (Å²) >= 11 is 0. The van der Waals surface area contributed by atoms with Gasteiger partial charge in [-0.15, -0.1) is 0 Å². The van der Waals surface area contributed by atoms with Crippen molar-refractivity contribution in [3.63, 3.8) is 0 Å². The molecule has 0 aliphatic carbocycles. The predicted octanol–water partition coefficient (Wildman–Crippen LogP) is 1.17. The van der Waals surface area contributed by atoms with Crippen molar-refractivity contribution < 1.29 is 9.90 Å². The summed E-state index contributed by atoms with van der Waals surface area (Å²) in [5.74, 6) is -0.236. The fourth-order valence-corrected chi connectivity index (χ4v) is 1.51. The first-order valence-corrected chi connectivity index (χ1v) is 5.56. The molecule has 0 aliphatic rings. The second kappa shape index (κ2) is 5.51. The molecule has 92 valence electrons. The zero-order valence-corrected chi connectivity index (χ0v) is 10.1. The van der Waals surface area contributed by atoms with Gasteiger partial charge >= 0.3 is 0 Å². The molecule has 1 unspecified atom stereocenters. The Labute approximate surface area is 100 Å². The Morgan fingerprint density at radius 1 is 1.71 bits per heavy atom. The number of carbonyl (C=O) groups is 1. The maximum atomic E-state index is 11.9. The van der Waals surface area contributed by atoms with Crippen LogP contribution in [-0.4, -0.2) is 28.1 Å². The minimum absolute atomic E-state index is 0.0290. The fourth-order valence-electron chi connectivity index (χ4n) is 1.51. The molecule has 0 saturated carbocycles. The van der Waals surface area contributed by atoms with E-state index < -0.39 is 5.54 Å². The Hall–Kier alpha value is -1.80. The van der Waals surface area contributed by atoms with Gasteiger partial charge in [0.15, 0.2) is 0 Å². The number of aliphatic hydroxyl groups excluding tert-OH is 1. The third kappa shape index (κ3) is 3.33. The smallest absolute Gasteiger partial charge is 0.253 e. The van der Waals surface area contributed by atoms with Crippen molar-refractivity contribution in [1.82, 2.24) is 10.3 Å². The largest absolute Gasteiger partial charge is 0.396 e. The average Bonchev–Trinajstić information content (AvgIpc) is 2.78. The molecule has 3 N–H and O–H groups in total. The maximum Gasteiger partial charge on any atom is 0.253 e. The van der Waals surface area contributed by atoms with Gasteiger partial charge in [-0.05, 0) is 25.8 Å². The summed E-state index contributed by atoms with van der Waals surface area (Å²) in [5.41, 5.74) is 0.366. The lowest BCUT2D eigenvalue weighted by Crippen LogP contribution is -2.46. The minimum Gasteiger partial charge on any atom is -0.396 e. The molecule has 1 rings (SSSR count). The first-order chi connectivity index (χ1) is 8.04. The van der Waals surface area contributed by atoms with E-state index in [-0.39, 0.29) is 12.5 Å². The Morgan fingerprint density at radius 2 is 2.41 bits per heavy atom. The van der Waals surface area contributed by atoms with Gasteiger partial charge in [-0.2, -0.15) is 5.26 Å². The van der Waals surface area contributed by atoms with Gasteiger partial charge in [-0.25, -0.2) is 0 Å². The summed E-state index contributed by atoms with van der Waals surface area (Å²) < 4.78 is 0. The lowest BCUT2D eigenvalue weighted by Gasteiger charge is -2.28. The fraction of sp³-hybridized carbons (Fsp3) is 0.500. The Bertz CT molecular complexity index is 433.